The van der Waals surface area contributed by atoms with Gasteiger partial charge in [-0.1, -0.05) is 6.07 Å². The van der Waals surface area contributed by atoms with Gasteiger partial charge >= 0.3 is 0 Å². The number of rotatable bonds is 7. The molecule has 1 fully saturated rings. The molecule has 3 aromatic rings. The number of nitrogens with zero attached hydrogens (tertiary/aromatic N) is 5. The van der Waals surface area contributed by atoms with Crippen molar-refractivity contribution in [2.24, 2.45) is 13.0 Å². The molecule has 0 bridgehead atoms. The highest BCUT2D eigenvalue weighted by atomic mass is 32.1. The van der Waals surface area contributed by atoms with Crippen LogP contribution in [0, 0.1) is 19.8 Å². The van der Waals surface area contributed by atoms with Crippen molar-refractivity contribution in [2.45, 2.75) is 39.0 Å². The monoisotopic (exact) mass is 397 g/mol. The van der Waals surface area contributed by atoms with Crippen LogP contribution in [-0.4, -0.2) is 31.6 Å². The molecule has 0 N–H and O–H groups in total. The maximum Gasteiger partial charge on any atom is 0.269 e. The van der Waals surface area contributed by atoms with E-state index in [9.17, 15) is 4.79 Å². The highest BCUT2D eigenvalue weighted by molar-refractivity contribution is 7.11. The first-order chi connectivity index (χ1) is 13.5. The summed E-state index contributed by atoms with van der Waals surface area (Å²) in [6.45, 7) is 4.55. The Morgan fingerprint density at radius 2 is 2.11 bits per heavy atom. The van der Waals surface area contributed by atoms with Gasteiger partial charge in [-0.3, -0.25) is 9.78 Å². The summed E-state index contributed by atoms with van der Waals surface area (Å²) in [5.41, 5.74) is 2.89. The van der Waals surface area contributed by atoms with E-state index in [1.165, 1.54) is 10.2 Å². The highest BCUT2D eigenvalue weighted by Crippen LogP contribution is 2.46. The minimum Gasteiger partial charge on any atom is -0.476 e. The second-order valence-electron chi connectivity index (χ2n) is 7.33. The number of hydrogen-bond acceptors (Lipinski definition) is 7. The van der Waals surface area contributed by atoms with Gasteiger partial charge in [-0.25, -0.2) is 4.68 Å². The molecule has 7 nitrogen and oxygen atoms in total. The molecule has 8 heteroatoms. The van der Waals surface area contributed by atoms with Crippen LogP contribution in [0.5, 0.6) is 5.88 Å². The maximum absolute atomic E-state index is 12.4. The lowest BCUT2D eigenvalue weighted by Gasteiger charge is -2.09. The molecule has 0 aromatic carbocycles. The number of ether oxygens (including phenoxy) is 1. The molecule has 0 spiro atoms. The Hall–Kier alpha value is -2.61. The molecule has 0 unspecified atom stereocenters. The number of aryl methyl sites for hydroxylation is 5. The third-order valence-corrected chi connectivity index (χ3v) is 5.87. The van der Waals surface area contributed by atoms with E-state index in [0.717, 1.165) is 22.1 Å². The van der Waals surface area contributed by atoms with Gasteiger partial charge in [0.1, 0.15) is 10.0 Å². The molecular weight excluding hydrogens is 374 g/mol. The van der Waals surface area contributed by atoms with Crippen molar-refractivity contribution < 1.29 is 4.74 Å². The molecule has 1 saturated carbocycles. The predicted octanol–water partition coefficient (Wildman–Crippen LogP) is 2.61. The van der Waals surface area contributed by atoms with Crippen LogP contribution in [0.2, 0.25) is 0 Å². The first-order valence-electron chi connectivity index (χ1n) is 9.41. The standard InChI is InChI=1S/C20H23N5O2S/c1-12-4-6-17(21-10-12)16-8-15(16)11-27-18-9-14(20(26)25(3)24-18)5-7-19-23-22-13(2)28-19/h4,6,9-10,15-16H,5,7-8,11H2,1-3H3/t15-,16+/m1/s1. The van der Waals surface area contributed by atoms with Gasteiger partial charge in [0.05, 0.1) is 6.61 Å². The van der Waals surface area contributed by atoms with Crippen LogP contribution in [0.4, 0.5) is 0 Å². The van der Waals surface area contributed by atoms with E-state index >= 15 is 0 Å². The Labute approximate surface area is 167 Å². The molecule has 2 atom stereocenters. The Morgan fingerprint density at radius 3 is 2.82 bits per heavy atom. The van der Waals surface area contributed by atoms with Crippen LogP contribution in [0.3, 0.4) is 0 Å². The van der Waals surface area contributed by atoms with Crippen molar-refractivity contribution in [3.05, 3.63) is 61.6 Å². The second-order valence-corrected chi connectivity index (χ2v) is 8.59. The van der Waals surface area contributed by atoms with Crippen LogP contribution in [0.15, 0.2) is 29.2 Å². The topological polar surface area (TPSA) is 82.8 Å². The lowest BCUT2D eigenvalue weighted by Crippen LogP contribution is -2.24. The van der Waals surface area contributed by atoms with Crippen LogP contribution >= 0.6 is 11.3 Å². The first kappa shape index (κ1) is 18.7. The van der Waals surface area contributed by atoms with Gasteiger partial charge in [-0.05, 0) is 38.3 Å². The molecule has 4 rings (SSSR count). The summed E-state index contributed by atoms with van der Waals surface area (Å²) in [6.07, 6.45) is 4.27. The molecule has 0 amide bonds. The van der Waals surface area contributed by atoms with Crippen LogP contribution < -0.4 is 10.3 Å². The molecule has 0 radical (unpaired) electrons. The Kier molecular flexibility index (Phi) is 5.21. The maximum atomic E-state index is 12.4. The van der Waals surface area contributed by atoms with Crippen molar-refractivity contribution in [3.8, 4) is 5.88 Å². The molecule has 1 aliphatic rings. The van der Waals surface area contributed by atoms with Gasteiger partial charge in [0.15, 0.2) is 0 Å². The second kappa shape index (κ2) is 7.79. The zero-order chi connectivity index (χ0) is 19.7. The smallest absolute Gasteiger partial charge is 0.269 e. The average molecular weight is 398 g/mol. The fraction of sp³-hybridized carbons (Fsp3) is 0.450. The van der Waals surface area contributed by atoms with E-state index in [0.29, 0.717) is 42.7 Å². The zero-order valence-electron chi connectivity index (χ0n) is 16.3. The molecular formula is C20H23N5O2S. The van der Waals surface area contributed by atoms with Crippen molar-refractivity contribution in [2.75, 3.05) is 6.61 Å². The third-order valence-electron chi connectivity index (χ3n) is 4.97. The molecule has 0 aliphatic heterocycles. The molecule has 28 heavy (non-hydrogen) atoms. The van der Waals surface area contributed by atoms with Crippen molar-refractivity contribution in [1.29, 1.82) is 0 Å². The van der Waals surface area contributed by atoms with Crippen molar-refractivity contribution >= 4 is 11.3 Å². The third kappa shape index (κ3) is 4.27. The van der Waals surface area contributed by atoms with E-state index in [1.54, 1.807) is 24.5 Å². The van der Waals surface area contributed by atoms with Crippen LogP contribution in [0.1, 0.15) is 39.2 Å². The quantitative estimate of drug-likeness (QED) is 0.609. The predicted molar refractivity (Wildman–Crippen MR) is 107 cm³/mol. The SMILES string of the molecule is Cc1ccc([C@H]2C[C@@H]2COc2cc(CCc3nnc(C)s3)c(=O)n(C)n2)nc1. The van der Waals surface area contributed by atoms with E-state index in [-0.39, 0.29) is 5.56 Å². The highest BCUT2D eigenvalue weighted by Gasteiger charge is 2.40. The summed E-state index contributed by atoms with van der Waals surface area (Å²) < 4.78 is 7.26. The van der Waals surface area contributed by atoms with Gasteiger partial charge in [0.2, 0.25) is 5.88 Å². The van der Waals surface area contributed by atoms with Crippen LogP contribution in [-0.2, 0) is 19.9 Å². The minimum atomic E-state index is -0.0956. The van der Waals surface area contributed by atoms with Crippen molar-refractivity contribution in [1.82, 2.24) is 25.0 Å². The van der Waals surface area contributed by atoms with E-state index in [2.05, 4.69) is 32.4 Å². The van der Waals surface area contributed by atoms with E-state index in [4.69, 9.17) is 4.74 Å². The molecule has 1 aliphatic carbocycles. The lowest BCUT2D eigenvalue weighted by molar-refractivity contribution is 0.277. The number of hydrogen-bond donors (Lipinski definition) is 0. The van der Waals surface area contributed by atoms with Gasteiger partial charge in [-0.15, -0.1) is 26.6 Å². The molecule has 3 heterocycles. The van der Waals surface area contributed by atoms with Gasteiger partial charge < -0.3 is 4.74 Å². The van der Waals surface area contributed by atoms with Gasteiger partial charge in [0, 0.05) is 48.8 Å². The first-order valence-corrected chi connectivity index (χ1v) is 10.2. The van der Waals surface area contributed by atoms with Gasteiger partial charge in [-0.2, -0.15) is 0 Å². The summed E-state index contributed by atoms with van der Waals surface area (Å²) in [4.78, 5) is 16.9. The van der Waals surface area contributed by atoms with E-state index < -0.39 is 0 Å². The Morgan fingerprint density at radius 1 is 1.25 bits per heavy atom. The largest absolute Gasteiger partial charge is 0.476 e. The number of pyridine rings is 1. The summed E-state index contributed by atoms with van der Waals surface area (Å²) in [7, 11) is 1.66. The minimum absolute atomic E-state index is 0.0956. The normalized spacial score (nSPS) is 18.2. The Bertz CT molecular complexity index is 1030. The molecule has 146 valence electrons. The summed E-state index contributed by atoms with van der Waals surface area (Å²) >= 11 is 1.56. The fourth-order valence-corrected chi connectivity index (χ4v) is 3.96. The average Bonchev–Trinajstić information content (AvgIpc) is 3.34. The Balaban J connectivity index is 1.37. The van der Waals surface area contributed by atoms with Gasteiger partial charge in [0.25, 0.3) is 5.56 Å². The fourth-order valence-electron chi connectivity index (χ4n) is 3.26. The molecule has 0 saturated heterocycles. The van der Waals surface area contributed by atoms with Crippen molar-refractivity contribution in [3.63, 3.8) is 0 Å². The summed E-state index contributed by atoms with van der Waals surface area (Å²) in [5, 5.41) is 14.3. The summed E-state index contributed by atoms with van der Waals surface area (Å²) in [6, 6.07) is 5.95. The van der Waals surface area contributed by atoms with E-state index in [1.807, 2.05) is 20.0 Å². The molecule has 3 aromatic heterocycles. The van der Waals surface area contributed by atoms with Crippen LogP contribution in [0.25, 0.3) is 0 Å². The number of aromatic nitrogens is 5. The lowest BCUT2D eigenvalue weighted by atomic mass is 10.2. The zero-order valence-corrected chi connectivity index (χ0v) is 17.1. The summed E-state index contributed by atoms with van der Waals surface area (Å²) in [5.74, 6) is 1.39.